The van der Waals surface area contributed by atoms with Crippen molar-refractivity contribution in [3.63, 3.8) is 0 Å². The highest BCUT2D eigenvalue weighted by molar-refractivity contribution is 5.85. The van der Waals surface area contributed by atoms with Crippen LogP contribution in [-0.2, 0) is 9.59 Å². The summed E-state index contributed by atoms with van der Waals surface area (Å²) < 4.78 is 0. The molecule has 0 aromatic rings. The third-order valence-electron chi connectivity index (χ3n) is 2.64. The SMILES string of the molecule is CC(C)[C@@H](NC(=O)[C@@H]([NH3+])CCCC[NH3+])C(=O)[O-]. The van der Waals surface area contributed by atoms with Crippen molar-refractivity contribution in [1.29, 1.82) is 0 Å². The number of amides is 1. The van der Waals surface area contributed by atoms with E-state index in [2.05, 4.69) is 16.8 Å². The predicted octanol–water partition coefficient (Wildman–Crippen LogP) is -3.10. The van der Waals surface area contributed by atoms with Crippen LogP contribution in [0.5, 0.6) is 0 Å². The Morgan fingerprint density at radius 3 is 2.29 bits per heavy atom. The Morgan fingerprint density at radius 2 is 1.88 bits per heavy atom. The first-order chi connectivity index (χ1) is 7.90. The maximum atomic E-state index is 11.7. The van der Waals surface area contributed by atoms with E-state index in [0.29, 0.717) is 6.42 Å². The average Bonchev–Trinajstić information content (AvgIpc) is 2.24. The number of carboxylic acids is 1. The molecule has 6 nitrogen and oxygen atoms in total. The van der Waals surface area contributed by atoms with Crippen LogP contribution in [0.2, 0.25) is 0 Å². The van der Waals surface area contributed by atoms with Crippen molar-refractivity contribution in [2.45, 2.75) is 45.2 Å². The maximum absolute atomic E-state index is 11.7. The normalized spacial score (nSPS) is 14.4. The van der Waals surface area contributed by atoms with Crippen molar-refractivity contribution in [2.75, 3.05) is 6.54 Å². The molecule has 1 amide bonds. The summed E-state index contributed by atoms with van der Waals surface area (Å²) in [5, 5.41) is 13.3. The molecule has 0 radical (unpaired) electrons. The predicted molar refractivity (Wildman–Crippen MR) is 60.1 cm³/mol. The van der Waals surface area contributed by atoms with Gasteiger partial charge in [-0.05, 0) is 18.8 Å². The minimum absolute atomic E-state index is 0.198. The molecule has 0 aromatic heterocycles. The average molecular weight is 246 g/mol. The van der Waals surface area contributed by atoms with E-state index in [-0.39, 0.29) is 11.8 Å². The Bertz CT molecular complexity index is 256. The van der Waals surface area contributed by atoms with Crippen LogP contribution in [0.25, 0.3) is 0 Å². The van der Waals surface area contributed by atoms with Gasteiger partial charge in [0.2, 0.25) is 0 Å². The Kier molecular flexibility index (Phi) is 7.49. The number of carbonyl (C=O) groups is 2. The molecular formula is C11H24N3O3+. The molecule has 6 heteroatoms. The molecule has 0 heterocycles. The number of rotatable bonds is 8. The van der Waals surface area contributed by atoms with E-state index in [0.717, 1.165) is 19.4 Å². The molecule has 7 N–H and O–H groups in total. The Labute approximate surface area is 102 Å². The van der Waals surface area contributed by atoms with E-state index < -0.39 is 18.1 Å². The second-order valence-corrected chi connectivity index (χ2v) is 4.60. The lowest BCUT2D eigenvalue weighted by molar-refractivity contribution is -0.406. The molecular weight excluding hydrogens is 222 g/mol. The van der Waals surface area contributed by atoms with Crippen LogP contribution in [-0.4, -0.2) is 30.5 Å². The summed E-state index contributed by atoms with van der Waals surface area (Å²) >= 11 is 0. The second kappa shape index (κ2) is 8.03. The van der Waals surface area contributed by atoms with Gasteiger partial charge >= 0.3 is 0 Å². The summed E-state index contributed by atoms with van der Waals surface area (Å²) in [6.07, 6.45) is 2.48. The van der Waals surface area contributed by atoms with Crippen molar-refractivity contribution in [1.82, 2.24) is 5.32 Å². The zero-order chi connectivity index (χ0) is 13.4. The van der Waals surface area contributed by atoms with Crippen molar-refractivity contribution in [3.8, 4) is 0 Å². The van der Waals surface area contributed by atoms with Crippen LogP contribution >= 0.6 is 0 Å². The van der Waals surface area contributed by atoms with Crippen LogP contribution in [0.3, 0.4) is 0 Å². The lowest BCUT2D eigenvalue weighted by Crippen LogP contribution is -2.69. The van der Waals surface area contributed by atoms with Gasteiger partial charge < -0.3 is 26.7 Å². The zero-order valence-corrected chi connectivity index (χ0v) is 10.7. The monoisotopic (exact) mass is 246 g/mol. The summed E-state index contributed by atoms with van der Waals surface area (Å²) in [5.41, 5.74) is 7.45. The molecule has 0 aliphatic rings. The van der Waals surface area contributed by atoms with Gasteiger partial charge in [-0.25, -0.2) is 0 Å². The molecule has 0 saturated heterocycles. The number of carboxylic acid groups (broad SMARTS) is 1. The van der Waals surface area contributed by atoms with Crippen molar-refractivity contribution in [3.05, 3.63) is 0 Å². The molecule has 2 atom stereocenters. The molecule has 17 heavy (non-hydrogen) atoms. The Morgan fingerprint density at radius 1 is 1.29 bits per heavy atom. The van der Waals surface area contributed by atoms with E-state index >= 15 is 0 Å². The smallest absolute Gasteiger partial charge is 0.278 e. The minimum atomic E-state index is -1.25. The summed E-state index contributed by atoms with van der Waals surface area (Å²) in [6, 6.07) is -1.36. The summed E-state index contributed by atoms with van der Waals surface area (Å²) in [4.78, 5) is 22.5. The fourth-order valence-corrected chi connectivity index (χ4v) is 1.47. The van der Waals surface area contributed by atoms with Gasteiger partial charge in [-0.1, -0.05) is 13.8 Å². The van der Waals surface area contributed by atoms with Crippen molar-refractivity contribution >= 4 is 11.9 Å². The molecule has 0 bridgehead atoms. The van der Waals surface area contributed by atoms with Crippen molar-refractivity contribution < 1.29 is 26.2 Å². The van der Waals surface area contributed by atoms with Gasteiger partial charge in [-0.15, -0.1) is 0 Å². The fraction of sp³-hybridized carbons (Fsp3) is 0.818. The topological polar surface area (TPSA) is 125 Å². The van der Waals surface area contributed by atoms with E-state index in [1.54, 1.807) is 13.8 Å². The number of unbranched alkanes of at least 4 members (excludes halogenated alkanes) is 1. The number of hydrogen-bond donors (Lipinski definition) is 3. The standard InChI is InChI=1S/C11H23N3O3/c1-7(2)9(11(16)17)14-10(15)8(13)5-3-4-6-12/h7-9H,3-6,12-13H2,1-2H3,(H,14,15)(H,16,17)/p+1/t8-,9+/m0/s1. The van der Waals surface area contributed by atoms with E-state index in [4.69, 9.17) is 0 Å². The van der Waals surface area contributed by atoms with Gasteiger partial charge in [0.1, 0.15) is 0 Å². The second-order valence-electron chi connectivity index (χ2n) is 4.60. The largest absolute Gasteiger partial charge is 0.548 e. The number of aliphatic carboxylic acids is 1. The van der Waals surface area contributed by atoms with E-state index in [1.807, 2.05) is 0 Å². The highest BCUT2D eigenvalue weighted by atomic mass is 16.4. The first-order valence-corrected chi connectivity index (χ1v) is 6.03. The first-order valence-electron chi connectivity index (χ1n) is 6.03. The number of quaternary nitrogens is 2. The molecule has 0 unspecified atom stereocenters. The quantitative estimate of drug-likeness (QED) is 0.393. The van der Waals surface area contributed by atoms with Gasteiger partial charge in [0, 0.05) is 6.42 Å². The summed E-state index contributed by atoms with van der Waals surface area (Å²) in [6.45, 7) is 4.28. The van der Waals surface area contributed by atoms with Crippen molar-refractivity contribution in [2.24, 2.45) is 5.92 Å². The van der Waals surface area contributed by atoms with Gasteiger partial charge in [0.25, 0.3) is 5.91 Å². The Hall–Kier alpha value is -1.14. The van der Waals surface area contributed by atoms with Gasteiger partial charge in [0.15, 0.2) is 6.04 Å². The first kappa shape index (κ1) is 15.9. The molecule has 0 aliphatic carbocycles. The van der Waals surface area contributed by atoms with Crippen LogP contribution in [0, 0.1) is 5.92 Å². The number of hydrogen-bond acceptors (Lipinski definition) is 3. The van der Waals surface area contributed by atoms with Gasteiger partial charge in [0.05, 0.1) is 18.6 Å². The summed E-state index contributed by atoms with van der Waals surface area (Å²) in [5.74, 6) is -1.77. The third kappa shape index (κ3) is 6.23. The zero-order valence-electron chi connectivity index (χ0n) is 10.7. The highest BCUT2D eigenvalue weighted by Gasteiger charge is 2.23. The molecule has 0 aromatic carbocycles. The number of carbonyl (C=O) groups excluding carboxylic acids is 2. The van der Waals surface area contributed by atoms with Gasteiger partial charge in [-0.3, -0.25) is 4.79 Å². The van der Waals surface area contributed by atoms with Crippen LogP contribution in [0.15, 0.2) is 0 Å². The fourth-order valence-electron chi connectivity index (χ4n) is 1.47. The van der Waals surface area contributed by atoms with Crippen LogP contribution < -0.4 is 21.9 Å². The molecule has 0 aliphatic heterocycles. The maximum Gasteiger partial charge on any atom is 0.278 e. The number of nitrogens with one attached hydrogen (secondary N) is 1. The molecule has 0 rings (SSSR count). The van der Waals surface area contributed by atoms with E-state index in [1.165, 1.54) is 0 Å². The molecule has 0 fully saturated rings. The lowest BCUT2D eigenvalue weighted by atomic mass is 10.0. The molecule has 0 saturated carbocycles. The third-order valence-corrected chi connectivity index (χ3v) is 2.64. The lowest BCUT2D eigenvalue weighted by Gasteiger charge is -2.23. The highest BCUT2D eigenvalue weighted by Crippen LogP contribution is 2.02. The molecule has 0 spiro atoms. The van der Waals surface area contributed by atoms with Gasteiger partial charge in [-0.2, -0.15) is 0 Å². The van der Waals surface area contributed by atoms with Crippen LogP contribution in [0.1, 0.15) is 33.1 Å². The van der Waals surface area contributed by atoms with Crippen LogP contribution in [0.4, 0.5) is 0 Å². The van der Waals surface area contributed by atoms with E-state index in [9.17, 15) is 14.7 Å². The summed E-state index contributed by atoms with van der Waals surface area (Å²) in [7, 11) is 0. The Balaban J connectivity index is 4.16. The molecule has 100 valence electrons. The minimum Gasteiger partial charge on any atom is -0.548 e.